The molecule has 10 heteroatoms. The van der Waals surface area contributed by atoms with Crippen molar-refractivity contribution in [3.8, 4) is 0 Å². The van der Waals surface area contributed by atoms with Gasteiger partial charge < -0.3 is 9.64 Å². The highest BCUT2D eigenvalue weighted by Crippen LogP contribution is 2.26. The number of hydrogen-bond donors (Lipinski definition) is 1. The maximum atomic E-state index is 15.0. The van der Waals surface area contributed by atoms with E-state index < -0.39 is 38.7 Å². The summed E-state index contributed by atoms with van der Waals surface area (Å²) >= 11 is 0. The molecule has 0 spiro atoms. The van der Waals surface area contributed by atoms with Crippen LogP contribution < -0.4 is 9.62 Å². The second-order valence-corrected chi connectivity index (χ2v) is 9.61. The smallest absolute Gasteiger partial charge is 0.232 e. The number of benzene rings is 2. The largest absolute Gasteiger partial charge is 0.378 e. The lowest BCUT2D eigenvalue weighted by Gasteiger charge is -2.28. The lowest BCUT2D eigenvalue weighted by Crippen LogP contribution is -2.36. The van der Waals surface area contributed by atoms with E-state index in [2.05, 4.69) is 9.88 Å². The van der Waals surface area contributed by atoms with Crippen LogP contribution in [0.2, 0.25) is 0 Å². The molecule has 1 aromatic heterocycles. The predicted molar refractivity (Wildman–Crippen MR) is 122 cm³/mol. The van der Waals surface area contributed by atoms with Crippen LogP contribution in [-0.4, -0.2) is 51.2 Å². The molecule has 0 atom stereocenters. The van der Waals surface area contributed by atoms with E-state index >= 15 is 4.39 Å². The van der Waals surface area contributed by atoms with E-state index in [1.54, 1.807) is 25.3 Å². The van der Waals surface area contributed by atoms with Gasteiger partial charge in [0, 0.05) is 30.1 Å². The summed E-state index contributed by atoms with van der Waals surface area (Å²) < 4.78 is 60.6. The standard InChI is InChI=1S/C23H23F2N3O4S/c1-2-9-33(30,31)27-21-13-17(24)12-19(22(21)25)23(29)15-3-4-20-16(10-15)11-18(14-26-20)28-5-7-32-8-6-28/h3-4,10-14,27H,2,5-9H2,1H3. The Hall–Kier alpha value is -3.11. The molecule has 1 aliphatic heterocycles. The molecule has 1 aliphatic rings. The third kappa shape index (κ3) is 5.12. The number of ketones is 1. The van der Waals surface area contributed by atoms with Crippen LogP contribution in [-0.2, 0) is 14.8 Å². The molecular weight excluding hydrogens is 452 g/mol. The molecule has 0 bridgehead atoms. The van der Waals surface area contributed by atoms with Crippen LogP contribution in [0.5, 0.6) is 0 Å². The summed E-state index contributed by atoms with van der Waals surface area (Å²) in [7, 11) is -3.87. The molecule has 0 unspecified atom stereocenters. The van der Waals surface area contributed by atoms with Crippen molar-refractivity contribution in [1.29, 1.82) is 0 Å². The fourth-order valence-corrected chi connectivity index (χ4v) is 4.85. The van der Waals surface area contributed by atoms with Crippen LogP contribution in [0.3, 0.4) is 0 Å². The highest BCUT2D eigenvalue weighted by molar-refractivity contribution is 7.92. The van der Waals surface area contributed by atoms with E-state index in [9.17, 15) is 17.6 Å². The van der Waals surface area contributed by atoms with Gasteiger partial charge in [0.05, 0.1) is 47.6 Å². The molecule has 0 radical (unpaired) electrons. The number of ether oxygens (including phenoxy) is 1. The highest BCUT2D eigenvalue weighted by Gasteiger charge is 2.22. The number of sulfonamides is 1. The number of halogens is 2. The first-order valence-electron chi connectivity index (χ1n) is 10.5. The molecule has 7 nitrogen and oxygen atoms in total. The van der Waals surface area contributed by atoms with E-state index in [1.807, 2.05) is 10.8 Å². The monoisotopic (exact) mass is 475 g/mol. The Kier molecular flexibility index (Phi) is 6.57. The molecule has 2 heterocycles. The van der Waals surface area contributed by atoms with Gasteiger partial charge in [-0.15, -0.1) is 0 Å². The number of fused-ring (bicyclic) bond motifs is 1. The second-order valence-electron chi connectivity index (χ2n) is 7.77. The van der Waals surface area contributed by atoms with Gasteiger partial charge in [0.25, 0.3) is 0 Å². The summed E-state index contributed by atoms with van der Waals surface area (Å²) in [6.07, 6.45) is 2.05. The maximum Gasteiger partial charge on any atom is 0.232 e. The van der Waals surface area contributed by atoms with Crippen LogP contribution >= 0.6 is 0 Å². The molecule has 0 saturated carbocycles. The lowest BCUT2D eigenvalue weighted by atomic mass is 10.00. The predicted octanol–water partition coefficient (Wildman–Crippen LogP) is 3.73. The number of aromatic nitrogens is 1. The Balaban J connectivity index is 1.69. The van der Waals surface area contributed by atoms with Gasteiger partial charge in [-0.1, -0.05) is 6.92 Å². The number of morpholine rings is 1. The number of hydrogen-bond acceptors (Lipinski definition) is 6. The second kappa shape index (κ2) is 9.40. The minimum Gasteiger partial charge on any atom is -0.378 e. The third-order valence-corrected chi connectivity index (χ3v) is 6.80. The number of carbonyl (C=O) groups excluding carboxylic acids is 1. The maximum absolute atomic E-state index is 15.0. The zero-order valence-electron chi connectivity index (χ0n) is 18.0. The lowest BCUT2D eigenvalue weighted by molar-refractivity contribution is 0.103. The van der Waals surface area contributed by atoms with Crippen molar-refractivity contribution >= 4 is 38.1 Å². The summed E-state index contributed by atoms with van der Waals surface area (Å²) in [4.78, 5) is 19.6. The number of rotatable bonds is 7. The molecule has 4 rings (SSSR count). The van der Waals surface area contributed by atoms with Gasteiger partial charge in [-0.05, 0) is 36.8 Å². The zero-order chi connectivity index (χ0) is 23.6. The Morgan fingerprint density at radius 1 is 1.15 bits per heavy atom. The van der Waals surface area contributed by atoms with Crippen molar-refractivity contribution in [2.24, 2.45) is 0 Å². The zero-order valence-corrected chi connectivity index (χ0v) is 18.8. The van der Waals surface area contributed by atoms with E-state index in [4.69, 9.17) is 4.74 Å². The molecule has 0 amide bonds. The van der Waals surface area contributed by atoms with Crippen molar-refractivity contribution in [2.75, 3.05) is 41.7 Å². The van der Waals surface area contributed by atoms with Crippen LogP contribution in [0, 0.1) is 11.6 Å². The molecule has 3 aromatic rings. The van der Waals surface area contributed by atoms with Crippen LogP contribution in [0.4, 0.5) is 20.2 Å². The number of pyridine rings is 1. The summed E-state index contributed by atoms with van der Waals surface area (Å²) in [6, 6.07) is 8.06. The van der Waals surface area contributed by atoms with E-state index in [0.29, 0.717) is 30.5 Å². The summed E-state index contributed by atoms with van der Waals surface area (Å²) in [5.41, 5.74) is 0.510. The van der Waals surface area contributed by atoms with E-state index in [-0.39, 0.29) is 11.3 Å². The Labute approximate surface area is 190 Å². The topological polar surface area (TPSA) is 88.6 Å². The molecule has 1 fully saturated rings. The SMILES string of the molecule is CCCS(=O)(=O)Nc1cc(F)cc(C(=O)c2ccc3ncc(N4CCOCC4)cc3c2)c1F. The Morgan fingerprint density at radius 3 is 2.64 bits per heavy atom. The van der Waals surface area contributed by atoms with E-state index in [0.717, 1.165) is 30.9 Å². The Bertz CT molecular complexity index is 1310. The van der Waals surface area contributed by atoms with Crippen LogP contribution in [0.15, 0.2) is 42.6 Å². The van der Waals surface area contributed by atoms with Gasteiger partial charge in [-0.2, -0.15) is 0 Å². The summed E-state index contributed by atoms with van der Waals surface area (Å²) in [5, 5.41) is 0.672. The quantitative estimate of drug-likeness (QED) is 0.524. The summed E-state index contributed by atoms with van der Waals surface area (Å²) in [5.74, 6) is -3.07. The van der Waals surface area contributed by atoms with Gasteiger partial charge in [0.15, 0.2) is 11.6 Å². The van der Waals surface area contributed by atoms with E-state index in [1.165, 1.54) is 6.07 Å². The number of nitrogens with zero attached hydrogens (tertiary/aromatic N) is 2. The van der Waals surface area contributed by atoms with Gasteiger partial charge >= 0.3 is 0 Å². The van der Waals surface area contributed by atoms with Crippen LogP contribution in [0.25, 0.3) is 10.9 Å². The Morgan fingerprint density at radius 2 is 1.91 bits per heavy atom. The van der Waals surface area contributed by atoms with Gasteiger partial charge in [-0.3, -0.25) is 14.5 Å². The molecule has 33 heavy (non-hydrogen) atoms. The minimum absolute atomic E-state index is 0.135. The molecular formula is C23H23F2N3O4S. The first kappa shape index (κ1) is 23.1. The third-order valence-electron chi connectivity index (χ3n) is 5.33. The first-order chi connectivity index (χ1) is 15.8. The van der Waals surface area contributed by atoms with Crippen molar-refractivity contribution in [3.63, 3.8) is 0 Å². The fraction of sp³-hybridized carbons (Fsp3) is 0.304. The van der Waals surface area contributed by atoms with Crippen molar-refractivity contribution < 1.29 is 26.7 Å². The molecule has 1 N–H and O–H groups in total. The summed E-state index contributed by atoms with van der Waals surface area (Å²) in [6.45, 7) is 4.31. The molecule has 1 saturated heterocycles. The number of carbonyl (C=O) groups is 1. The molecule has 174 valence electrons. The van der Waals surface area contributed by atoms with Crippen LogP contribution in [0.1, 0.15) is 29.3 Å². The average molecular weight is 476 g/mol. The van der Waals surface area contributed by atoms with Crippen molar-refractivity contribution in [2.45, 2.75) is 13.3 Å². The van der Waals surface area contributed by atoms with Gasteiger partial charge in [-0.25, -0.2) is 17.2 Å². The van der Waals surface area contributed by atoms with Gasteiger partial charge in [0.1, 0.15) is 5.82 Å². The first-order valence-corrected chi connectivity index (χ1v) is 12.2. The molecule has 0 aliphatic carbocycles. The highest BCUT2D eigenvalue weighted by atomic mass is 32.2. The minimum atomic E-state index is -3.87. The molecule has 2 aromatic carbocycles. The van der Waals surface area contributed by atoms with Crippen molar-refractivity contribution in [3.05, 3.63) is 65.4 Å². The number of nitrogens with one attached hydrogen (secondary N) is 1. The normalized spacial score (nSPS) is 14.5. The van der Waals surface area contributed by atoms with Gasteiger partial charge in [0.2, 0.25) is 10.0 Å². The fourth-order valence-electron chi connectivity index (χ4n) is 3.73. The average Bonchev–Trinajstić information content (AvgIpc) is 2.80. The number of anilines is 2. The van der Waals surface area contributed by atoms with Crippen molar-refractivity contribution in [1.82, 2.24) is 4.98 Å².